The van der Waals surface area contributed by atoms with Gasteiger partial charge in [-0.2, -0.15) is 0 Å². The third-order valence-corrected chi connectivity index (χ3v) is 9.23. The minimum atomic E-state index is -1.23. The quantitative estimate of drug-likeness (QED) is 0.294. The highest BCUT2D eigenvalue weighted by molar-refractivity contribution is 8.00. The van der Waals surface area contributed by atoms with Gasteiger partial charge in [0.05, 0.1) is 7.11 Å². The molecule has 9 nitrogen and oxygen atoms in total. The number of carbonyl (C=O) groups is 4. The van der Waals surface area contributed by atoms with E-state index in [1.165, 1.54) is 39.8 Å². The lowest BCUT2D eigenvalue weighted by atomic mass is 10.0. The molecule has 0 spiro atoms. The van der Waals surface area contributed by atoms with Gasteiger partial charge in [0.15, 0.2) is 6.04 Å². The number of amides is 3. The van der Waals surface area contributed by atoms with E-state index in [4.69, 9.17) is 4.74 Å². The Morgan fingerprint density at radius 1 is 1.15 bits per heavy atom. The fraction of sp³-hybridized carbons (Fsp3) is 0.286. The molecule has 1 N–H and O–H groups in total. The molecule has 3 aliphatic heterocycles. The lowest BCUT2D eigenvalue weighted by Crippen LogP contribution is -2.69. The van der Waals surface area contributed by atoms with Crippen LogP contribution in [-0.4, -0.2) is 73.7 Å². The Bertz CT molecular complexity index is 1380. The smallest absolute Gasteiger partial charge is 0.352 e. The molecular formula is C28H27N3O6S2. The molecular weight excluding hydrogens is 538 g/mol. The molecule has 2 aromatic carbocycles. The molecule has 0 unspecified atom stereocenters. The van der Waals surface area contributed by atoms with Crippen LogP contribution in [0.3, 0.4) is 0 Å². The lowest BCUT2D eigenvalue weighted by Gasteiger charge is -2.52. The van der Waals surface area contributed by atoms with Crippen LogP contribution in [-0.2, 0) is 25.7 Å². The average Bonchev–Trinajstić information content (AvgIpc) is 3.27. The summed E-state index contributed by atoms with van der Waals surface area (Å²) in [6.07, 6.45) is 2.12. The second kappa shape index (κ2) is 11.2. The number of β-lactam (4-membered cyclic amide) rings is 1. The number of aliphatic carboxylic acids is 1. The third-order valence-electron chi connectivity index (χ3n) is 6.78. The number of benzene rings is 2. The van der Waals surface area contributed by atoms with Crippen molar-refractivity contribution in [1.82, 2.24) is 14.1 Å². The van der Waals surface area contributed by atoms with E-state index in [0.717, 1.165) is 16.2 Å². The normalized spacial score (nSPS) is 21.6. The maximum absolute atomic E-state index is 13.3. The van der Waals surface area contributed by atoms with Gasteiger partial charge in [-0.05, 0) is 59.8 Å². The molecule has 11 heteroatoms. The van der Waals surface area contributed by atoms with Gasteiger partial charge >= 0.3 is 5.97 Å². The van der Waals surface area contributed by atoms with Crippen molar-refractivity contribution in [2.75, 3.05) is 19.4 Å². The van der Waals surface area contributed by atoms with Crippen molar-refractivity contribution in [3.05, 3.63) is 83.1 Å². The van der Waals surface area contributed by atoms with Gasteiger partial charge in [-0.3, -0.25) is 23.6 Å². The highest BCUT2D eigenvalue weighted by atomic mass is 32.2. The molecule has 3 aliphatic rings. The summed E-state index contributed by atoms with van der Waals surface area (Å²) >= 11 is 2.57. The SMILES string of the molecule is COc1ccc(CN2CC/C(=C\C3=C(C(=O)O)N4C(=O)[C@@H](N(Sc5ccccc5)C(C)=O)[C@H]4SC3)C2=O)cc1. The number of hydrogen-bond donors (Lipinski definition) is 1. The summed E-state index contributed by atoms with van der Waals surface area (Å²) in [5.74, 6) is -1.07. The van der Waals surface area contributed by atoms with Gasteiger partial charge in [-0.25, -0.2) is 4.79 Å². The van der Waals surface area contributed by atoms with Crippen LogP contribution < -0.4 is 4.74 Å². The summed E-state index contributed by atoms with van der Waals surface area (Å²) < 4.78 is 6.61. The van der Waals surface area contributed by atoms with Crippen molar-refractivity contribution in [3.8, 4) is 5.75 Å². The Balaban J connectivity index is 1.34. The molecule has 2 saturated heterocycles. The maximum Gasteiger partial charge on any atom is 0.352 e. The summed E-state index contributed by atoms with van der Waals surface area (Å²) in [4.78, 5) is 55.0. The van der Waals surface area contributed by atoms with Crippen LogP contribution in [0.5, 0.6) is 5.75 Å². The molecule has 2 fully saturated rings. The zero-order valence-electron chi connectivity index (χ0n) is 21.4. The topological polar surface area (TPSA) is 107 Å². The fourth-order valence-corrected chi connectivity index (χ4v) is 7.22. The van der Waals surface area contributed by atoms with Crippen LogP contribution in [0, 0.1) is 0 Å². The maximum atomic E-state index is 13.3. The Morgan fingerprint density at radius 3 is 2.51 bits per heavy atom. The van der Waals surface area contributed by atoms with Crippen molar-refractivity contribution in [2.24, 2.45) is 0 Å². The number of thioether (sulfide) groups is 1. The Morgan fingerprint density at radius 2 is 1.87 bits per heavy atom. The molecule has 0 radical (unpaired) electrons. The minimum absolute atomic E-state index is 0.123. The largest absolute Gasteiger partial charge is 0.497 e. The number of nitrogens with zero attached hydrogens (tertiary/aromatic N) is 3. The number of fused-ring (bicyclic) bond motifs is 1. The molecule has 2 aromatic rings. The Hall–Kier alpha value is -3.70. The number of hydrogen-bond acceptors (Lipinski definition) is 7. The van der Waals surface area contributed by atoms with Crippen molar-refractivity contribution < 1.29 is 29.0 Å². The van der Waals surface area contributed by atoms with E-state index in [1.54, 1.807) is 18.1 Å². The summed E-state index contributed by atoms with van der Waals surface area (Å²) in [7, 11) is 1.60. The standard InChI is InChI=1S/C28H27N3O6S2/c1-17(32)31(39-22-6-4-3-5-7-22)24-26(34)30-23(28(35)36)20(16-38-27(24)30)14-19-12-13-29(25(19)33)15-18-8-10-21(37-2)11-9-18/h3-11,14,24,27H,12-13,15-16H2,1-2H3,(H,35,36)/b19-14+/t24-,27-/m1/s1. The van der Waals surface area contributed by atoms with Gasteiger partial charge in [0.25, 0.3) is 5.91 Å². The molecule has 39 heavy (non-hydrogen) atoms. The summed E-state index contributed by atoms with van der Waals surface area (Å²) in [6, 6.07) is 16.0. The van der Waals surface area contributed by atoms with Gasteiger partial charge in [0.1, 0.15) is 16.8 Å². The summed E-state index contributed by atoms with van der Waals surface area (Å²) in [5.41, 5.74) is 1.79. The molecule has 5 rings (SSSR count). The number of carbonyl (C=O) groups excluding carboxylic acids is 3. The van der Waals surface area contributed by atoms with Crippen LogP contribution in [0.2, 0.25) is 0 Å². The molecule has 2 atom stereocenters. The summed E-state index contributed by atoms with van der Waals surface area (Å²) in [6.45, 7) is 2.36. The van der Waals surface area contributed by atoms with Crippen LogP contribution in [0.15, 0.2) is 82.4 Å². The van der Waals surface area contributed by atoms with E-state index < -0.39 is 23.3 Å². The van der Waals surface area contributed by atoms with Crippen LogP contribution in [0.4, 0.5) is 0 Å². The number of likely N-dealkylation sites (tertiary alicyclic amines) is 1. The van der Waals surface area contributed by atoms with E-state index in [-0.39, 0.29) is 17.5 Å². The molecule has 202 valence electrons. The molecule has 0 bridgehead atoms. The monoisotopic (exact) mass is 565 g/mol. The van der Waals surface area contributed by atoms with Crippen LogP contribution in [0.25, 0.3) is 0 Å². The second-order valence-corrected chi connectivity index (χ2v) is 11.4. The van der Waals surface area contributed by atoms with E-state index in [9.17, 15) is 24.3 Å². The zero-order chi connectivity index (χ0) is 27.7. The van der Waals surface area contributed by atoms with Crippen molar-refractivity contribution in [3.63, 3.8) is 0 Å². The first-order valence-corrected chi connectivity index (χ1v) is 14.2. The highest BCUT2D eigenvalue weighted by Gasteiger charge is 2.57. The predicted molar refractivity (Wildman–Crippen MR) is 147 cm³/mol. The number of rotatable bonds is 8. The highest BCUT2D eigenvalue weighted by Crippen LogP contribution is 2.45. The number of carboxylic acids is 1. The second-order valence-electron chi connectivity index (χ2n) is 9.28. The molecule has 3 heterocycles. The Labute approximate surface area is 234 Å². The number of carboxylic acid groups (broad SMARTS) is 1. The lowest BCUT2D eigenvalue weighted by molar-refractivity contribution is -0.154. The van der Waals surface area contributed by atoms with E-state index in [1.807, 2.05) is 54.6 Å². The molecule has 3 amide bonds. The molecule has 0 saturated carbocycles. The van der Waals surface area contributed by atoms with E-state index >= 15 is 0 Å². The number of ether oxygens (including phenoxy) is 1. The van der Waals surface area contributed by atoms with Crippen LogP contribution >= 0.6 is 23.7 Å². The van der Waals surface area contributed by atoms with E-state index in [0.29, 0.717) is 36.4 Å². The van der Waals surface area contributed by atoms with Gasteiger partial charge in [0, 0.05) is 36.2 Å². The first kappa shape index (κ1) is 26.9. The number of methoxy groups -OCH3 is 1. The van der Waals surface area contributed by atoms with Crippen molar-refractivity contribution in [2.45, 2.75) is 36.2 Å². The van der Waals surface area contributed by atoms with Crippen molar-refractivity contribution in [1.29, 1.82) is 0 Å². The fourth-order valence-electron chi connectivity index (χ4n) is 4.84. The summed E-state index contributed by atoms with van der Waals surface area (Å²) in [5, 5.41) is 9.55. The predicted octanol–water partition coefficient (Wildman–Crippen LogP) is 3.53. The minimum Gasteiger partial charge on any atom is -0.497 e. The van der Waals surface area contributed by atoms with Gasteiger partial charge in [-0.1, -0.05) is 30.3 Å². The van der Waals surface area contributed by atoms with Gasteiger partial charge < -0.3 is 14.7 Å². The third kappa shape index (κ3) is 5.28. The van der Waals surface area contributed by atoms with Gasteiger partial charge in [-0.15, -0.1) is 11.8 Å². The van der Waals surface area contributed by atoms with Crippen LogP contribution in [0.1, 0.15) is 18.9 Å². The number of allylic oxidation sites excluding steroid dienone is 1. The molecule has 0 aliphatic carbocycles. The van der Waals surface area contributed by atoms with Crippen molar-refractivity contribution >= 4 is 47.4 Å². The molecule has 0 aromatic heterocycles. The van der Waals surface area contributed by atoms with Gasteiger partial charge in [0.2, 0.25) is 11.8 Å². The first-order chi connectivity index (χ1) is 18.8. The zero-order valence-corrected chi connectivity index (χ0v) is 23.0. The first-order valence-electron chi connectivity index (χ1n) is 12.3. The van der Waals surface area contributed by atoms with E-state index in [2.05, 4.69) is 0 Å². The Kier molecular flexibility index (Phi) is 7.72. The average molecular weight is 566 g/mol.